The maximum absolute atomic E-state index is 14.6. The standard InChI is InChI=1S/C19H20ClFN4O2S/c1-18(2)17(22)25-19(3,10-28(18)27)13-8-12(5-6-14(13)21)24-16(26)15-7-4-11(20)9-23-15/h4-9H,10H2,1-3H3,(H2,22,25)(H,24,26)/t19-,28-/m0/s1. The molecule has 1 aromatic carbocycles. The fourth-order valence-corrected chi connectivity index (χ4v) is 4.40. The van der Waals surface area contributed by atoms with E-state index >= 15 is 0 Å². The molecule has 2 atom stereocenters. The summed E-state index contributed by atoms with van der Waals surface area (Å²) < 4.78 is 26.4. The van der Waals surface area contributed by atoms with Crippen LogP contribution in [0.3, 0.4) is 0 Å². The summed E-state index contributed by atoms with van der Waals surface area (Å²) in [5.74, 6) is -0.760. The zero-order chi connectivity index (χ0) is 20.7. The highest BCUT2D eigenvalue weighted by molar-refractivity contribution is 7.93. The van der Waals surface area contributed by atoms with Crippen molar-refractivity contribution in [2.24, 2.45) is 0 Å². The second kappa shape index (κ2) is 7.35. The Morgan fingerprint density at radius 1 is 1.36 bits per heavy atom. The second-order valence-corrected chi connectivity index (χ2v) is 9.78. The van der Waals surface area contributed by atoms with E-state index in [1.54, 1.807) is 26.8 Å². The Morgan fingerprint density at radius 2 is 2.07 bits per heavy atom. The van der Waals surface area contributed by atoms with Gasteiger partial charge in [-0.3, -0.25) is 10.2 Å². The van der Waals surface area contributed by atoms with Gasteiger partial charge in [-0.15, -0.1) is 0 Å². The predicted octanol–water partition coefficient (Wildman–Crippen LogP) is 3.45. The van der Waals surface area contributed by atoms with Crippen LogP contribution in [0.2, 0.25) is 5.02 Å². The van der Waals surface area contributed by atoms with E-state index in [2.05, 4.69) is 15.6 Å². The van der Waals surface area contributed by atoms with Crippen LogP contribution in [0.25, 0.3) is 0 Å². The average molecular weight is 423 g/mol. The Labute approximate surface area is 170 Å². The molecule has 28 heavy (non-hydrogen) atoms. The van der Waals surface area contributed by atoms with Crippen molar-refractivity contribution >= 4 is 40.2 Å². The molecule has 0 radical (unpaired) electrons. The Balaban J connectivity index is 1.88. The van der Waals surface area contributed by atoms with Crippen LogP contribution in [0, 0.1) is 11.2 Å². The monoisotopic (exact) mass is 422 g/mol. The minimum absolute atomic E-state index is 0.0822. The van der Waals surface area contributed by atoms with E-state index in [0.29, 0.717) is 10.7 Å². The number of aromatic nitrogens is 1. The molecule has 3 N–H and O–H groups in total. The van der Waals surface area contributed by atoms with Crippen molar-refractivity contribution in [3.05, 3.63) is 58.6 Å². The number of carbonyl (C=O) groups is 1. The van der Waals surface area contributed by atoms with Crippen molar-refractivity contribution in [3.63, 3.8) is 0 Å². The number of amidine groups is 1. The fourth-order valence-electron chi connectivity index (χ4n) is 2.90. The molecule has 2 aromatic rings. The topological polar surface area (TPSA) is 101 Å². The van der Waals surface area contributed by atoms with E-state index in [0.717, 1.165) is 0 Å². The summed E-state index contributed by atoms with van der Waals surface area (Å²) in [6.45, 7) is 5.12. The molecule has 1 aliphatic rings. The summed E-state index contributed by atoms with van der Waals surface area (Å²) in [5, 5.41) is 14.3. The van der Waals surface area contributed by atoms with E-state index in [1.165, 1.54) is 30.5 Å². The minimum atomic E-state index is -1.37. The minimum Gasteiger partial charge on any atom is -0.616 e. The first-order chi connectivity index (χ1) is 13.0. The van der Waals surface area contributed by atoms with E-state index in [9.17, 15) is 13.7 Å². The van der Waals surface area contributed by atoms with Gasteiger partial charge in [0.05, 0.1) is 5.02 Å². The summed E-state index contributed by atoms with van der Waals surface area (Å²) in [6, 6.07) is 7.19. The van der Waals surface area contributed by atoms with Crippen molar-refractivity contribution in [1.29, 1.82) is 5.41 Å². The molecule has 2 heterocycles. The van der Waals surface area contributed by atoms with Crippen molar-refractivity contribution in [2.75, 3.05) is 11.1 Å². The maximum atomic E-state index is 14.6. The van der Waals surface area contributed by atoms with Gasteiger partial charge in [-0.1, -0.05) is 11.6 Å². The van der Waals surface area contributed by atoms with Gasteiger partial charge < -0.3 is 15.2 Å². The van der Waals surface area contributed by atoms with Crippen molar-refractivity contribution in [2.45, 2.75) is 31.1 Å². The molecule has 0 unspecified atom stereocenters. The van der Waals surface area contributed by atoms with Crippen LogP contribution in [0.1, 0.15) is 36.8 Å². The molecule has 3 rings (SSSR count). The lowest BCUT2D eigenvalue weighted by Crippen LogP contribution is -2.64. The molecule has 0 bridgehead atoms. The number of pyridine rings is 1. The Bertz CT molecular complexity index is 938. The number of hydrogen-bond donors (Lipinski definition) is 3. The van der Waals surface area contributed by atoms with Gasteiger partial charge in [0, 0.05) is 17.4 Å². The summed E-state index contributed by atoms with van der Waals surface area (Å²) in [6.07, 6.45) is 1.36. The molecule has 0 aliphatic carbocycles. The normalized spacial score (nSPS) is 23.8. The van der Waals surface area contributed by atoms with Crippen LogP contribution in [0.4, 0.5) is 10.1 Å². The van der Waals surface area contributed by atoms with Crippen LogP contribution in [-0.4, -0.2) is 31.8 Å². The molecule has 1 aliphatic heterocycles. The smallest absolute Gasteiger partial charge is 0.274 e. The number of rotatable bonds is 3. The number of hydrogen-bond acceptors (Lipinski definition) is 4. The van der Waals surface area contributed by atoms with Crippen LogP contribution >= 0.6 is 11.6 Å². The van der Waals surface area contributed by atoms with Gasteiger partial charge >= 0.3 is 0 Å². The number of anilines is 1. The Morgan fingerprint density at radius 3 is 2.68 bits per heavy atom. The SMILES string of the molecule is CC1(C)C(=N)N[C@](C)(c2cc(NC(=O)c3ccc(Cl)cn3)ccc2F)C[S@+]1[O-]. The molecular formula is C19H20ClFN4O2S. The second-order valence-electron chi connectivity index (χ2n) is 7.34. The third-order valence-corrected chi connectivity index (χ3v) is 7.18. The maximum Gasteiger partial charge on any atom is 0.274 e. The summed E-state index contributed by atoms with van der Waals surface area (Å²) >= 11 is 4.40. The third kappa shape index (κ3) is 3.85. The quantitative estimate of drug-likeness (QED) is 0.659. The van der Waals surface area contributed by atoms with Crippen molar-refractivity contribution in [1.82, 2.24) is 10.3 Å². The molecule has 0 saturated carbocycles. The largest absolute Gasteiger partial charge is 0.616 e. The molecule has 1 fully saturated rings. The van der Waals surface area contributed by atoms with Gasteiger partial charge in [-0.05, 0) is 62.3 Å². The zero-order valence-electron chi connectivity index (χ0n) is 15.6. The average Bonchev–Trinajstić information content (AvgIpc) is 2.62. The number of benzene rings is 1. The van der Waals surface area contributed by atoms with E-state index < -0.39 is 33.2 Å². The van der Waals surface area contributed by atoms with Crippen molar-refractivity contribution < 1.29 is 13.7 Å². The van der Waals surface area contributed by atoms with Crippen LogP contribution in [0.5, 0.6) is 0 Å². The summed E-state index contributed by atoms with van der Waals surface area (Å²) in [5.41, 5.74) is -0.283. The summed E-state index contributed by atoms with van der Waals surface area (Å²) in [7, 11) is 0. The number of amides is 1. The van der Waals surface area contributed by atoms with E-state index in [-0.39, 0.29) is 22.8 Å². The first-order valence-corrected chi connectivity index (χ1v) is 10.2. The van der Waals surface area contributed by atoms with Crippen LogP contribution in [-0.2, 0) is 16.7 Å². The summed E-state index contributed by atoms with van der Waals surface area (Å²) in [4.78, 5) is 16.3. The third-order valence-electron chi connectivity index (χ3n) is 4.77. The van der Waals surface area contributed by atoms with Gasteiger partial charge in [-0.2, -0.15) is 0 Å². The molecular weight excluding hydrogens is 403 g/mol. The first-order valence-electron chi connectivity index (χ1n) is 8.51. The van der Waals surface area contributed by atoms with Crippen LogP contribution < -0.4 is 10.6 Å². The highest BCUT2D eigenvalue weighted by Gasteiger charge is 2.50. The van der Waals surface area contributed by atoms with E-state index in [4.69, 9.17) is 17.0 Å². The number of carbonyl (C=O) groups excluding carboxylic acids is 1. The molecule has 9 heteroatoms. The van der Waals surface area contributed by atoms with Crippen LogP contribution in [0.15, 0.2) is 36.5 Å². The van der Waals surface area contributed by atoms with Crippen molar-refractivity contribution in [3.8, 4) is 0 Å². The Kier molecular flexibility index (Phi) is 5.40. The van der Waals surface area contributed by atoms with Gasteiger partial charge in [0.15, 0.2) is 10.6 Å². The molecule has 1 aromatic heterocycles. The zero-order valence-corrected chi connectivity index (χ0v) is 17.2. The lowest BCUT2D eigenvalue weighted by Gasteiger charge is -2.44. The highest BCUT2D eigenvalue weighted by Crippen LogP contribution is 2.36. The first kappa shape index (κ1) is 20.6. The Hall–Kier alpha value is -2.16. The lowest BCUT2D eigenvalue weighted by molar-refractivity contribution is 0.102. The van der Waals surface area contributed by atoms with Gasteiger partial charge in [0.2, 0.25) is 0 Å². The number of nitrogens with one attached hydrogen (secondary N) is 3. The van der Waals surface area contributed by atoms with Gasteiger partial charge in [0.25, 0.3) is 5.91 Å². The lowest BCUT2D eigenvalue weighted by atomic mass is 9.91. The number of halogens is 2. The van der Waals surface area contributed by atoms with E-state index in [1.807, 2.05) is 0 Å². The van der Waals surface area contributed by atoms with Gasteiger partial charge in [0.1, 0.15) is 22.8 Å². The molecule has 6 nitrogen and oxygen atoms in total. The highest BCUT2D eigenvalue weighted by atomic mass is 35.5. The fraction of sp³-hybridized carbons (Fsp3) is 0.316. The van der Waals surface area contributed by atoms with Gasteiger partial charge in [-0.25, -0.2) is 9.37 Å². The molecule has 1 amide bonds. The number of nitrogens with zero attached hydrogens (tertiary/aromatic N) is 1. The molecule has 0 spiro atoms. The predicted molar refractivity (Wildman–Crippen MR) is 109 cm³/mol. The molecule has 148 valence electrons. The molecule has 1 saturated heterocycles.